The van der Waals surface area contributed by atoms with Crippen LogP contribution in [0.2, 0.25) is 10.0 Å². The Kier molecular flexibility index (Phi) is 9.66. The molecule has 0 spiro atoms. The van der Waals surface area contributed by atoms with Crippen LogP contribution in [0.3, 0.4) is 0 Å². The summed E-state index contributed by atoms with van der Waals surface area (Å²) in [7, 11) is 0. The van der Waals surface area contributed by atoms with Gasteiger partial charge in [0.05, 0.1) is 0 Å². The molecular weight excluding hydrogens is 336 g/mol. The van der Waals surface area contributed by atoms with Crippen LogP contribution in [-0.4, -0.2) is 0 Å². The number of benzene rings is 1. The first-order chi connectivity index (χ1) is 4.72. The summed E-state index contributed by atoms with van der Waals surface area (Å²) in [4.78, 5) is 0. The average molecular weight is 341 g/mol. The van der Waals surface area contributed by atoms with Gasteiger partial charge in [-0.2, -0.15) is 17.2 Å². The minimum Gasteiger partial charge on any atom is -0.174 e. The predicted molar refractivity (Wildman–Crippen MR) is 56.0 cm³/mol. The van der Waals surface area contributed by atoms with Crippen molar-refractivity contribution in [1.29, 1.82) is 0 Å². The van der Waals surface area contributed by atoms with E-state index in [0.717, 1.165) is 5.56 Å². The topological polar surface area (TPSA) is 0 Å². The molecule has 0 aromatic heterocycles. The molecule has 0 heterocycles. The van der Waals surface area contributed by atoms with Gasteiger partial charge in [-0.25, -0.2) is 0 Å². The van der Waals surface area contributed by atoms with Crippen molar-refractivity contribution in [2.24, 2.45) is 0 Å². The zero-order valence-corrected chi connectivity index (χ0v) is 13.0. The largest absolute Gasteiger partial charge is 0.174 e. The fourth-order valence-electron chi connectivity index (χ4n) is 0.638. The van der Waals surface area contributed by atoms with E-state index in [1.165, 1.54) is 5.88 Å². The van der Waals surface area contributed by atoms with Gasteiger partial charge >= 0.3 is 0 Å². The molecule has 1 aromatic carbocycles. The molecule has 12 heavy (non-hydrogen) atoms. The van der Waals surface area contributed by atoms with Crippen molar-refractivity contribution in [2.45, 2.75) is 0 Å². The Hall–Kier alpha value is 1.06. The van der Waals surface area contributed by atoms with Gasteiger partial charge in [0.1, 0.15) is 0 Å². The van der Waals surface area contributed by atoms with Crippen LogP contribution in [0.25, 0.3) is 0 Å². The molecule has 0 N–H and O–H groups in total. The zero-order chi connectivity index (χ0) is 7.56. The Bertz CT molecular complexity index is 222. The molecule has 0 nitrogen and oxygen atoms in total. The molecule has 64 valence electrons. The van der Waals surface area contributed by atoms with Crippen LogP contribution >= 0.6 is 51.8 Å². The number of rotatable bonds is 1. The quantitative estimate of drug-likeness (QED) is 0.527. The van der Waals surface area contributed by atoms with E-state index >= 15 is 0 Å². The van der Waals surface area contributed by atoms with Crippen LogP contribution in [0.4, 0.5) is 0 Å². The summed E-state index contributed by atoms with van der Waals surface area (Å²) >= 11 is 16.8. The van der Waals surface area contributed by atoms with Gasteiger partial charge in [0, 0.05) is 19.5 Å². The van der Waals surface area contributed by atoms with Crippen LogP contribution in [0.5, 0.6) is 0 Å². The van der Waals surface area contributed by atoms with Gasteiger partial charge in [-0.05, 0) is 16.1 Å². The Morgan fingerprint density at radius 2 is 1.42 bits per heavy atom. The monoisotopic (exact) mass is 337 g/mol. The van der Waals surface area contributed by atoms with Crippen LogP contribution in [0.1, 0.15) is 5.56 Å². The Morgan fingerprint density at radius 1 is 1.00 bits per heavy atom. The SMILES string of the molecule is Br.Cl[CH-]c1cc(Cl)cc(Cl)c1.[Zn]. The van der Waals surface area contributed by atoms with Crippen LogP contribution < -0.4 is 0 Å². The normalized spacial score (nSPS) is 7.92. The zero-order valence-electron chi connectivity index (χ0n) is 6.06. The van der Waals surface area contributed by atoms with Gasteiger partial charge in [-0.1, -0.05) is 29.1 Å². The van der Waals surface area contributed by atoms with Crippen molar-refractivity contribution in [3.8, 4) is 0 Å². The van der Waals surface area contributed by atoms with E-state index in [9.17, 15) is 0 Å². The third-order valence-electron chi connectivity index (χ3n) is 1.01. The molecule has 0 amide bonds. The third kappa shape index (κ3) is 4.94. The summed E-state index contributed by atoms with van der Waals surface area (Å²) in [6.45, 7) is 0. The second-order valence-corrected chi connectivity index (χ2v) is 2.90. The van der Waals surface area contributed by atoms with Crippen molar-refractivity contribution >= 4 is 51.8 Å². The van der Waals surface area contributed by atoms with Crippen LogP contribution in [0.15, 0.2) is 18.2 Å². The fourth-order valence-corrected chi connectivity index (χ4v) is 1.31. The Balaban J connectivity index is 0. The Morgan fingerprint density at radius 3 is 1.75 bits per heavy atom. The van der Waals surface area contributed by atoms with E-state index in [-0.39, 0.29) is 36.5 Å². The number of hydrogen-bond acceptors (Lipinski definition) is 0. The first kappa shape index (κ1) is 15.5. The molecule has 0 aliphatic rings. The van der Waals surface area contributed by atoms with Gasteiger partial charge in [0.2, 0.25) is 0 Å². The first-order valence-electron chi connectivity index (χ1n) is 2.62. The van der Waals surface area contributed by atoms with Crippen molar-refractivity contribution in [2.75, 3.05) is 0 Å². The second kappa shape index (κ2) is 7.47. The van der Waals surface area contributed by atoms with Crippen LogP contribution in [-0.2, 0) is 19.5 Å². The van der Waals surface area contributed by atoms with E-state index < -0.39 is 0 Å². The molecule has 0 atom stereocenters. The maximum atomic E-state index is 5.67. The molecule has 5 heteroatoms. The van der Waals surface area contributed by atoms with Crippen molar-refractivity contribution in [3.05, 3.63) is 39.7 Å². The maximum absolute atomic E-state index is 5.67. The molecule has 0 unspecified atom stereocenters. The van der Waals surface area contributed by atoms with E-state index in [1.807, 2.05) is 0 Å². The van der Waals surface area contributed by atoms with Gasteiger partial charge in [0.25, 0.3) is 0 Å². The molecule has 1 aromatic rings. The van der Waals surface area contributed by atoms with E-state index in [1.54, 1.807) is 18.2 Å². The average Bonchev–Trinajstić information content (AvgIpc) is 1.85. The molecule has 0 bridgehead atoms. The molecule has 0 aliphatic heterocycles. The molecule has 0 aliphatic carbocycles. The van der Waals surface area contributed by atoms with Crippen molar-refractivity contribution in [3.63, 3.8) is 0 Å². The van der Waals surface area contributed by atoms with E-state index in [0.29, 0.717) is 10.0 Å². The smallest absolute Gasteiger partial charge is 0 e. The number of hydrogen-bond donors (Lipinski definition) is 0. The molecule has 0 radical (unpaired) electrons. The molecule has 0 saturated heterocycles. The molecule has 0 fully saturated rings. The van der Waals surface area contributed by atoms with Crippen molar-refractivity contribution in [1.82, 2.24) is 0 Å². The van der Waals surface area contributed by atoms with E-state index in [2.05, 4.69) is 0 Å². The minimum atomic E-state index is 0. The van der Waals surface area contributed by atoms with Gasteiger partial charge < -0.3 is 0 Å². The summed E-state index contributed by atoms with van der Waals surface area (Å²) in [6, 6.07) is 5.13. The van der Waals surface area contributed by atoms with Gasteiger partial charge in [-0.3, -0.25) is 0 Å². The summed E-state index contributed by atoms with van der Waals surface area (Å²) in [5.74, 6) is 1.43. The second-order valence-electron chi connectivity index (χ2n) is 1.81. The molecule has 0 saturated carbocycles. The minimum absolute atomic E-state index is 0. The fraction of sp³-hybridized carbons (Fsp3) is 0. The third-order valence-corrected chi connectivity index (χ3v) is 1.70. The van der Waals surface area contributed by atoms with Gasteiger partial charge in [-0.15, -0.1) is 29.1 Å². The molecular formula is C7H5BrCl3Zn-. The van der Waals surface area contributed by atoms with E-state index in [4.69, 9.17) is 34.8 Å². The summed E-state index contributed by atoms with van der Waals surface area (Å²) in [6.07, 6.45) is 0. The first-order valence-corrected chi connectivity index (χ1v) is 3.81. The molecule has 1 rings (SSSR count). The predicted octanol–water partition coefficient (Wildman–Crippen LogP) is 4.32. The van der Waals surface area contributed by atoms with Crippen LogP contribution in [0, 0.1) is 5.88 Å². The van der Waals surface area contributed by atoms with Crippen molar-refractivity contribution < 1.29 is 19.5 Å². The maximum Gasteiger partial charge on any atom is 0 e. The summed E-state index contributed by atoms with van der Waals surface area (Å²) < 4.78 is 0. The summed E-state index contributed by atoms with van der Waals surface area (Å²) in [5.41, 5.74) is 0.819. The van der Waals surface area contributed by atoms with Gasteiger partial charge in [0.15, 0.2) is 0 Å². The summed E-state index contributed by atoms with van der Waals surface area (Å²) in [5, 5.41) is 1.19. The Labute approximate surface area is 110 Å². The standard InChI is InChI=1S/C7H4Cl3.BrH.Zn/c8-4-5-1-6(9)3-7(10)2-5;;/h1-4H;1H;/q-1;;. The number of halogens is 4.